The van der Waals surface area contributed by atoms with Crippen LogP contribution in [0.1, 0.15) is 38.9 Å². The molecule has 0 atom stereocenters. The van der Waals surface area contributed by atoms with E-state index in [0.717, 1.165) is 28.8 Å². The molecule has 0 amide bonds. The Morgan fingerprint density at radius 1 is 1.24 bits per heavy atom. The molecule has 8 heteroatoms. The first-order valence-electron chi connectivity index (χ1n) is 9.82. The Kier molecular flexibility index (Phi) is 5.53. The fraction of sp³-hybridized carbons (Fsp3) is 0.429. The normalized spacial score (nSPS) is 16.3. The van der Waals surface area contributed by atoms with E-state index in [4.69, 9.17) is 11.6 Å². The molecular weight excluding hydrogens is 406 g/mol. The number of hydrogen-bond acceptors (Lipinski definition) is 6. The summed E-state index contributed by atoms with van der Waals surface area (Å²) in [6.45, 7) is 8.41. The number of anilines is 1. The van der Waals surface area contributed by atoms with Crippen LogP contribution in [0.5, 0.6) is 0 Å². The van der Waals surface area contributed by atoms with Crippen molar-refractivity contribution < 1.29 is 0 Å². The first-order valence-corrected chi connectivity index (χ1v) is 11.0. The molecule has 2 aromatic heterocycles. The number of aromatic nitrogens is 4. The zero-order valence-corrected chi connectivity index (χ0v) is 18.4. The van der Waals surface area contributed by atoms with E-state index in [1.165, 1.54) is 31.0 Å². The molecule has 3 aromatic rings. The first kappa shape index (κ1) is 20.2. The van der Waals surface area contributed by atoms with Crippen molar-refractivity contribution in [3.8, 4) is 0 Å². The van der Waals surface area contributed by atoms with Crippen molar-refractivity contribution in [3.05, 3.63) is 45.7 Å². The van der Waals surface area contributed by atoms with Gasteiger partial charge in [0.05, 0.1) is 28.3 Å². The molecule has 152 valence electrons. The second-order valence-electron chi connectivity index (χ2n) is 7.89. The van der Waals surface area contributed by atoms with Crippen molar-refractivity contribution >= 4 is 40.1 Å². The van der Waals surface area contributed by atoms with Gasteiger partial charge in [-0.05, 0) is 37.3 Å². The van der Waals surface area contributed by atoms with Gasteiger partial charge in [-0.25, -0.2) is 15.0 Å². The summed E-state index contributed by atoms with van der Waals surface area (Å²) in [6.07, 6.45) is 7.16. The van der Waals surface area contributed by atoms with Crippen LogP contribution in [0.25, 0.3) is 10.9 Å². The third-order valence-electron chi connectivity index (χ3n) is 5.87. The summed E-state index contributed by atoms with van der Waals surface area (Å²) in [7, 11) is 0. The van der Waals surface area contributed by atoms with E-state index >= 15 is 0 Å². The minimum absolute atomic E-state index is 0.231. The van der Waals surface area contributed by atoms with Crippen LogP contribution < -0.4 is 10.5 Å². The Morgan fingerprint density at radius 2 is 2.00 bits per heavy atom. The van der Waals surface area contributed by atoms with Crippen molar-refractivity contribution in [1.29, 1.82) is 0 Å². The topological polar surface area (TPSA) is 74.8 Å². The average molecular weight is 430 g/mol. The molecule has 6 nitrogen and oxygen atoms in total. The molecule has 1 aliphatic rings. The molecular formula is C21H24ClN5OS. The van der Waals surface area contributed by atoms with Crippen LogP contribution in [0, 0.1) is 12.3 Å². The number of nitrogens with zero attached hydrogens (tertiary/aromatic N) is 4. The van der Waals surface area contributed by atoms with Crippen LogP contribution in [-0.2, 0) is 0 Å². The average Bonchev–Trinajstić information content (AvgIpc) is 2.71. The molecule has 0 radical (unpaired) electrons. The van der Waals surface area contributed by atoms with Crippen molar-refractivity contribution in [2.24, 2.45) is 5.41 Å². The van der Waals surface area contributed by atoms with Crippen LogP contribution in [0.2, 0.25) is 5.02 Å². The van der Waals surface area contributed by atoms with E-state index in [0.29, 0.717) is 27.2 Å². The highest BCUT2D eigenvalue weighted by Gasteiger charge is 2.28. The van der Waals surface area contributed by atoms with E-state index in [2.05, 4.69) is 38.7 Å². The van der Waals surface area contributed by atoms with Crippen LogP contribution in [0.3, 0.4) is 0 Å². The predicted molar refractivity (Wildman–Crippen MR) is 118 cm³/mol. The second kappa shape index (κ2) is 7.95. The number of aromatic amines is 1. The minimum atomic E-state index is -0.231. The van der Waals surface area contributed by atoms with Gasteiger partial charge >= 0.3 is 0 Å². The molecule has 1 aliphatic heterocycles. The summed E-state index contributed by atoms with van der Waals surface area (Å²) in [5, 5.41) is 1.53. The number of fused-ring (bicyclic) bond motifs is 1. The summed E-state index contributed by atoms with van der Waals surface area (Å²) < 4.78 is 0. The lowest BCUT2D eigenvalue weighted by atomic mass is 9.78. The molecule has 29 heavy (non-hydrogen) atoms. The quantitative estimate of drug-likeness (QED) is 0.639. The lowest BCUT2D eigenvalue weighted by molar-refractivity contribution is 0.237. The SMILES string of the molecule is CCC1(C)CCN(c2cnc(Sc3ccc4nc(C)[nH]c(=O)c4c3Cl)cn2)CC1. The van der Waals surface area contributed by atoms with Crippen LogP contribution >= 0.6 is 23.4 Å². The van der Waals surface area contributed by atoms with Crippen LogP contribution in [-0.4, -0.2) is 33.0 Å². The number of benzene rings is 1. The molecule has 0 bridgehead atoms. The van der Waals surface area contributed by atoms with Gasteiger partial charge < -0.3 is 9.88 Å². The Balaban J connectivity index is 1.52. The molecule has 1 fully saturated rings. The predicted octanol–water partition coefficient (Wildman–Crippen LogP) is 4.84. The number of nitrogens with one attached hydrogen (secondary N) is 1. The zero-order valence-electron chi connectivity index (χ0n) is 16.8. The maximum atomic E-state index is 12.3. The molecule has 1 aromatic carbocycles. The van der Waals surface area contributed by atoms with Crippen molar-refractivity contribution in [3.63, 3.8) is 0 Å². The highest BCUT2D eigenvalue weighted by molar-refractivity contribution is 7.99. The van der Waals surface area contributed by atoms with Gasteiger partial charge in [-0.15, -0.1) is 0 Å². The third kappa shape index (κ3) is 4.12. The molecule has 3 heterocycles. The van der Waals surface area contributed by atoms with Crippen molar-refractivity contribution in [2.75, 3.05) is 18.0 Å². The molecule has 0 spiro atoms. The highest BCUT2D eigenvalue weighted by atomic mass is 35.5. The molecule has 0 aliphatic carbocycles. The number of piperidine rings is 1. The molecule has 0 saturated carbocycles. The number of rotatable bonds is 4. The fourth-order valence-corrected chi connectivity index (χ4v) is 4.76. The Morgan fingerprint density at radius 3 is 2.66 bits per heavy atom. The van der Waals surface area contributed by atoms with E-state index < -0.39 is 0 Å². The summed E-state index contributed by atoms with van der Waals surface area (Å²) >= 11 is 7.90. The van der Waals surface area contributed by atoms with Gasteiger partial charge in [-0.2, -0.15) is 0 Å². The van der Waals surface area contributed by atoms with Crippen LogP contribution in [0.15, 0.2) is 39.2 Å². The number of H-pyrrole nitrogens is 1. The van der Waals surface area contributed by atoms with Crippen LogP contribution in [0.4, 0.5) is 5.82 Å². The van der Waals surface area contributed by atoms with E-state index in [1.54, 1.807) is 13.1 Å². The summed E-state index contributed by atoms with van der Waals surface area (Å²) in [5.74, 6) is 1.48. The molecule has 4 rings (SSSR count). The van der Waals surface area contributed by atoms with Gasteiger partial charge in [0.2, 0.25) is 0 Å². The van der Waals surface area contributed by atoms with Crippen molar-refractivity contribution in [1.82, 2.24) is 19.9 Å². The van der Waals surface area contributed by atoms with Gasteiger partial charge in [0.1, 0.15) is 16.7 Å². The molecule has 1 saturated heterocycles. The Labute approximate surface area is 179 Å². The first-order chi connectivity index (χ1) is 13.9. The summed E-state index contributed by atoms with van der Waals surface area (Å²) in [6, 6.07) is 3.68. The van der Waals surface area contributed by atoms with Gasteiger partial charge in [-0.1, -0.05) is 43.6 Å². The fourth-order valence-electron chi connectivity index (χ4n) is 3.64. The van der Waals surface area contributed by atoms with E-state index in [1.807, 2.05) is 18.3 Å². The van der Waals surface area contributed by atoms with Gasteiger partial charge in [0.15, 0.2) is 0 Å². The molecule has 1 N–H and O–H groups in total. The lowest BCUT2D eigenvalue weighted by Gasteiger charge is -2.39. The van der Waals surface area contributed by atoms with Gasteiger partial charge in [0.25, 0.3) is 5.56 Å². The smallest absolute Gasteiger partial charge is 0.260 e. The standard InChI is InChI=1S/C21H24ClN5OS/c1-4-21(3)7-9-27(10-8-21)16-11-24-17(12-23-16)29-15-6-5-14-18(19(15)22)20(28)26-13(2)25-14/h5-6,11-12H,4,7-10H2,1-3H3,(H,25,26,28). The largest absolute Gasteiger partial charge is 0.355 e. The maximum Gasteiger partial charge on any atom is 0.260 e. The molecule has 0 unspecified atom stereocenters. The lowest BCUT2D eigenvalue weighted by Crippen LogP contribution is -2.38. The Hall–Kier alpha value is -2.12. The third-order valence-corrected chi connectivity index (χ3v) is 7.36. The minimum Gasteiger partial charge on any atom is -0.355 e. The van der Waals surface area contributed by atoms with E-state index in [-0.39, 0.29) is 5.56 Å². The van der Waals surface area contributed by atoms with E-state index in [9.17, 15) is 4.79 Å². The monoisotopic (exact) mass is 429 g/mol. The zero-order chi connectivity index (χ0) is 20.6. The summed E-state index contributed by atoms with van der Waals surface area (Å²) in [5.41, 5.74) is 0.800. The van der Waals surface area contributed by atoms with Gasteiger partial charge in [-0.3, -0.25) is 4.79 Å². The maximum absolute atomic E-state index is 12.3. The van der Waals surface area contributed by atoms with Crippen molar-refractivity contribution in [2.45, 2.75) is 50.0 Å². The number of aryl methyl sites for hydroxylation is 1. The summed E-state index contributed by atoms with van der Waals surface area (Å²) in [4.78, 5) is 31.6. The number of halogens is 1. The highest BCUT2D eigenvalue weighted by Crippen LogP contribution is 2.37. The Bertz CT molecular complexity index is 1090. The van der Waals surface area contributed by atoms with Gasteiger partial charge in [0, 0.05) is 18.0 Å². The number of hydrogen-bond donors (Lipinski definition) is 1. The second-order valence-corrected chi connectivity index (χ2v) is 9.33.